The van der Waals surface area contributed by atoms with E-state index in [0.29, 0.717) is 20.4 Å². The Balaban J connectivity index is 1.96. The van der Waals surface area contributed by atoms with E-state index in [4.69, 9.17) is 9.47 Å². The zero-order valence-electron chi connectivity index (χ0n) is 9.64. The van der Waals surface area contributed by atoms with Crippen molar-refractivity contribution in [2.24, 2.45) is 0 Å². The SMILES string of the molecule is Oc1ccc(OCOc2ccc(O)cc2Br)c(Br)c1. The third-order valence-corrected chi connectivity index (χ3v) is 3.50. The van der Waals surface area contributed by atoms with Crippen LogP contribution in [0.5, 0.6) is 23.0 Å². The lowest BCUT2D eigenvalue weighted by Crippen LogP contribution is -2.06. The number of rotatable bonds is 4. The van der Waals surface area contributed by atoms with Gasteiger partial charge in [0.1, 0.15) is 23.0 Å². The zero-order chi connectivity index (χ0) is 13.8. The minimum Gasteiger partial charge on any atom is -0.508 e. The summed E-state index contributed by atoms with van der Waals surface area (Å²) < 4.78 is 12.1. The van der Waals surface area contributed by atoms with Crippen molar-refractivity contribution in [3.63, 3.8) is 0 Å². The van der Waals surface area contributed by atoms with Crippen molar-refractivity contribution in [3.05, 3.63) is 45.3 Å². The molecule has 0 amide bonds. The molecular formula is C13H10Br2O4. The van der Waals surface area contributed by atoms with Crippen molar-refractivity contribution in [1.29, 1.82) is 0 Å². The van der Waals surface area contributed by atoms with Crippen LogP contribution in [0.3, 0.4) is 0 Å². The molecule has 4 nitrogen and oxygen atoms in total. The highest BCUT2D eigenvalue weighted by Crippen LogP contribution is 2.30. The van der Waals surface area contributed by atoms with Gasteiger partial charge in [-0.1, -0.05) is 0 Å². The van der Waals surface area contributed by atoms with Crippen molar-refractivity contribution in [2.75, 3.05) is 6.79 Å². The largest absolute Gasteiger partial charge is 0.508 e. The molecule has 2 aromatic rings. The molecule has 2 aromatic carbocycles. The molecule has 0 aromatic heterocycles. The highest BCUT2D eigenvalue weighted by Gasteiger charge is 2.05. The lowest BCUT2D eigenvalue weighted by molar-refractivity contribution is 0.118. The predicted molar refractivity (Wildman–Crippen MR) is 77.7 cm³/mol. The van der Waals surface area contributed by atoms with Crippen LogP contribution >= 0.6 is 31.9 Å². The molecule has 0 saturated carbocycles. The van der Waals surface area contributed by atoms with Gasteiger partial charge >= 0.3 is 0 Å². The molecule has 0 fully saturated rings. The van der Waals surface area contributed by atoms with Crippen molar-refractivity contribution in [2.45, 2.75) is 0 Å². The maximum atomic E-state index is 9.26. The smallest absolute Gasteiger partial charge is 0.231 e. The molecule has 0 aliphatic rings. The quantitative estimate of drug-likeness (QED) is 0.775. The number of hydrogen-bond acceptors (Lipinski definition) is 4. The fraction of sp³-hybridized carbons (Fsp3) is 0.0769. The van der Waals surface area contributed by atoms with E-state index in [9.17, 15) is 10.2 Å². The van der Waals surface area contributed by atoms with E-state index in [-0.39, 0.29) is 18.3 Å². The molecule has 19 heavy (non-hydrogen) atoms. The number of ether oxygens (including phenoxy) is 2. The Kier molecular flexibility index (Phi) is 4.55. The molecule has 2 N–H and O–H groups in total. The Morgan fingerprint density at radius 3 is 1.58 bits per heavy atom. The van der Waals surface area contributed by atoms with Crippen molar-refractivity contribution < 1.29 is 19.7 Å². The van der Waals surface area contributed by atoms with Gasteiger partial charge in [-0.25, -0.2) is 0 Å². The molecular weight excluding hydrogens is 380 g/mol. The first-order chi connectivity index (χ1) is 9.06. The lowest BCUT2D eigenvalue weighted by atomic mass is 10.3. The van der Waals surface area contributed by atoms with E-state index >= 15 is 0 Å². The summed E-state index contributed by atoms with van der Waals surface area (Å²) in [4.78, 5) is 0. The molecule has 6 heteroatoms. The summed E-state index contributed by atoms with van der Waals surface area (Å²) in [5, 5.41) is 18.5. The highest BCUT2D eigenvalue weighted by molar-refractivity contribution is 9.10. The van der Waals surface area contributed by atoms with Gasteiger partial charge < -0.3 is 19.7 Å². The van der Waals surface area contributed by atoms with Crippen LogP contribution in [0.25, 0.3) is 0 Å². The molecule has 0 heterocycles. The Labute approximate surface area is 126 Å². The second-order valence-corrected chi connectivity index (χ2v) is 5.34. The summed E-state index contributed by atoms with van der Waals surface area (Å²) in [6.45, 7) is 0.00670. The number of aromatic hydroxyl groups is 2. The predicted octanol–water partition coefficient (Wildman–Crippen LogP) is 4.04. The first-order valence-corrected chi connectivity index (χ1v) is 6.87. The topological polar surface area (TPSA) is 58.9 Å². The Morgan fingerprint density at radius 2 is 1.21 bits per heavy atom. The zero-order valence-corrected chi connectivity index (χ0v) is 12.8. The van der Waals surface area contributed by atoms with Crippen LogP contribution in [0.4, 0.5) is 0 Å². The summed E-state index contributed by atoms with van der Waals surface area (Å²) in [6.07, 6.45) is 0. The van der Waals surface area contributed by atoms with Crippen LogP contribution in [0.15, 0.2) is 45.3 Å². The van der Waals surface area contributed by atoms with E-state index in [1.54, 1.807) is 12.1 Å². The summed E-state index contributed by atoms with van der Waals surface area (Å²) >= 11 is 6.55. The average molecular weight is 390 g/mol. The van der Waals surface area contributed by atoms with E-state index in [0.717, 1.165) is 0 Å². The molecule has 0 bridgehead atoms. The van der Waals surface area contributed by atoms with Gasteiger partial charge in [0.2, 0.25) is 6.79 Å². The molecule has 100 valence electrons. The van der Waals surface area contributed by atoms with Gasteiger partial charge in [-0.3, -0.25) is 0 Å². The van der Waals surface area contributed by atoms with Crippen molar-refractivity contribution in [1.82, 2.24) is 0 Å². The monoisotopic (exact) mass is 388 g/mol. The molecule has 0 saturated heterocycles. The number of halogens is 2. The Morgan fingerprint density at radius 1 is 0.789 bits per heavy atom. The molecule has 0 aliphatic carbocycles. The van der Waals surface area contributed by atoms with Gasteiger partial charge in [-0.15, -0.1) is 0 Å². The van der Waals surface area contributed by atoms with E-state index in [2.05, 4.69) is 31.9 Å². The molecule has 0 radical (unpaired) electrons. The summed E-state index contributed by atoms with van der Waals surface area (Å²) in [7, 11) is 0. The third kappa shape index (κ3) is 3.78. The van der Waals surface area contributed by atoms with Gasteiger partial charge in [0.25, 0.3) is 0 Å². The van der Waals surface area contributed by atoms with Gasteiger partial charge in [0, 0.05) is 0 Å². The van der Waals surface area contributed by atoms with E-state index < -0.39 is 0 Å². The fourth-order valence-electron chi connectivity index (χ4n) is 1.37. The summed E-state index contributed by atoms with van der Waals surface area (Å²) in [5.41, 5.74) is 0. The van der Waals surface area contributed by atoms with Crippen LogP contribution < -0.4 is 9.47 Å². The Hall–Kier alpha value is -1.40. The number of phenols is 2. The maximum absolute atomic E-state index is 9.26. The fourth-order valence-corrected chi connectivity index (χ4v) is 2.33. The molecule has 0 atom stereocenters. The van der Waals surface area contributed by atoms with E-state index in [1.807, 2.05) is 0 Å². The number of benzene rings is 2. The van der Waals surface area contributed by atoms with Crippen molar-refractivity contribution in [3.8, 4) is 23.0 Å². The molecule has 2 rings (SSSR count). The van der Waals surface area contributed by atoms with Crippen LogP contribution in [0, 0.1) is 0 Å². The minimum atomic E-state index is 0.00670. The first-order valence-electron chi connectivity index (χ1n) is 5.29. The molecule has 0 aliphatic heterocycles. The van der Waals surface area contributed by atoms with Gasteiger partial charge in [0.15, 0.2) is 0 Å². The van der Waals surface area contributed by atoms with Crippen molar-refractivity contribution >= 4 is 31.9 Å². The second kappa shape index (κ2) is 6.16. The minimum absolute atomic E-state index is 0.00670. The maximum Gasteiger partial charge on any atom is 0.231 e. The molecule has 0 spiro atoms. The first kappa shape index (κ1) is 14.0. The lowest BCUT2D eigenvalue weighted by Gasteiger charge is -2.11. The average Bonchev–Trinajstić information content (AvgIpc) is 2.34. The second-order valence-electron chi connectivity index (χ2n) is 3.64. The van der Waals surface area contributed by atoms with Crippen LogP contribution in [-0.2, 0) is 0 Å². The van der Waals surface area contributed by atoms with Crippen LogP contribution in [0.1, 0.15) is 0 Å². The Bertz CT molecular complexity index is 535. The van der Waals surface area contributed by atoms with Gasteiger partial charge in [-0.05, 0) is 68.3 Å². The molecule has 0 unspecified atom stereocenters. The van der Waals surface area contributed by atoms with Crippen LogP contribution in [0.2, 0.25) is 0 Å². The highest BCUT2D eigenvalue weighted by atomic mass is 79.9. The summed E-state index contributed by atoms with van der Waals surface area (Å²) in [6, 6.07) is 9.38. The number of hydrogen-bond donors (Lipinski definition) is 2. The van der Waals surface area contributed by atoms with Crippen LogP contribution in [-0.4, -0.2) is 17.0 Å². The standard InChI is InChI=1S/C13H10Br2O4/c14-10-5-8(16)1-3-12(10)18-7-19-13-4-2-9(17)6-11(13)15/h1-6,16-17H,7H2. The van der Waals surface area contributed by atoms with E-state index in [1.165, 1.54) is 24.3 Å². The van der Waals surface area contributed by atoms with Gasteiger partial charge in [-0.2, -0.15) is 0 Å². The number of phenolic OH excluding ortho intramolecular Hbond substituents is 2. The third-order valence-electron chi connectivity index (χ3n) is 2.26. The van der Waals surface area contributed by atoms with Gasteiger partial charge in [0.05, 0.1) is 8.95 Å². The summed E-state index contributed by atoms with van der Waals surface area (Å²) in [5.74, 6) is 1.43. The normalized spacial score (nSPS) is 10.2.